The number of aromatic nitrogens is 1. The first-order chi connectivity index (χ1) is 8.58. The highest BCUT2D eigenvalue weighted by Gasteiger charge is 2.24. The Morgan fingerprint density at radius 3 is 2.44 bits per heavy atom. The van der Waals surface area contributed by atoms with Crippen molar-refractivity contribution in [2.24, 2.45) is 0 Å². The Morgan fingerprint density at radius 1 is 1.17 bits per heavy atom. The van der Waals surface area contributed by atoms with Gasteiger partial charge in [0.1, 0.15) is 0 Å². The van der Waals surface area contributed by atoms with Gasteiger partial charge in [-0.25, -0.2) is 4.84 Å². The monoisotopic (exact) mass is 373 g/mol. The summed E-state index contributed by atoms with van der Waals surface area (Å²) in [6.07, 6.45) is 3.30. The maximum Gasteiger partial charge on any atom is 0.321 e. The number of benzene rings is 1. The molecule has 0 N–H and O–H groups in total. The highest BCUT2D eigenvalue weighted by Crippen LogP contribution is 2.37. The summed E-state index contributed by atoms with van der Waals surface area (Å²) in [4.78, 5) is 16.0. The maximum atomic E-state index is 11.0. The topological polar surface area (TPSA) is 56.3 Å². The fraction of sp³-hybridized carbons (Fsp3) is 0. The number of rotatable bonds is 3. The van der Waals surface area contributed by atoms with Crippen LogP contribution in [-0.2, 0) is 0 Å². The molecule has 0 fully saturated rings. The molecule has 92 valence electrons. The van der Waals surface area contributed by atoms with Crippen LogP contribution in [0.25, 0.3) is 0 Å². The summed E-state index contributed by atoms with van der Waals surface area (Å²) in [6.45, 7) is 0. The van der Waals surface area contributed by atoms with Crippen LogP contribution in [0.3, 0.4) is 0 Å². The van der Waals surface area contributed by atoms with Crippen molar-refractivity contribution in [1.82, 2.24) is 0 Å². The highest BCUT2D eigenvalue weighted by atomic mass is 79.9. The van der Waals surface area contributed by atoms with Crippen molar-refractivity contribution >= 4 is 37.5 Å². The minimum atomic E-state index is -0.492. The Bertz CT molecular complexity index is 590. The average Bonchev–Trinajstić information content (AvgIpc) is 2.33. The zero-order chi connectivity index (χ0) is 13.1. The summed E-state index contributed by atoms with van der Waals surface area (Å²) < 4.78 is 2.49. The van der Waals surface area contributed by atoms with E-state index in [1.165, 1.54) is 10.8 Å². The van der Waals surface area contributed by atoms with Gasteiger partial charge in [-0.05, 0) is 22.0 Å². The molecule has 1 aromatic carbocycles. The van der Waals surface area contributed by atoms with E-state index in [0.717, 1.165) is 0 Å². The van der Waals surface area contributed by atoms with Crippen LogP contribution in [-0.4, -0.2) is 4.92 Å². The van der Waals surface area contributed by atoms with Gasteiger partial charge in [-0.3, -0.25) is 10.1 Å². The van der Waals surface area contributed by atoms with Gasteiger partial charge < -0.3 is 0 Å². The van der Waals surface area contributed by atoms with Crippen molar-refractivity contribution in [3.63, 3.8) is 0 Å². The maximum absolute atomic E-state index is 11.0. The van der Waals surface area contributed by atoms with Crippen LogP contribution < -0.4 is 9.57 Å². The molecule has 1 heterocycles. The lowest BCUT2D eigenvalue weighted by Crippen LogP contribution is -2.38. The van der Waals surface area contributed by atoms with Gasteiger partial charge in [0, 0.05) is 27.4 Å². The average molecular weight is 375 g/mol. The van der Waals surface area contributed by atoms with Gasteiger partial charge in [0.05, 0.1) is 9.40 Å². The molecule has 0 aliphatic rings. The lowest BCUT2D eigenvalue weighted by atomic mass is 10.3. The summed E-state index contributed by atoms with van der Waals surface area (Å²) in [5.41, 5.74) is -0.118. The molecular formula is C11H7Br2N2O3+. The molecule has 0 bridgehead atoms. The number of halogens is 2. The van der Waals surface area contributed by atoms with Crippen LogP contribution >= 0.6 is 31.9 Å². The van der Waals surface area contributed by atoms with Gasteiger partial charge >= 0.3 is 5.69 Å². The Kier molecular flexibility index (Phi) is 3.93. The predicted molar refractivity (Wildman–Crippen MR) is 71.2 cm³/mol. The first-order valence-corrected chi connectivity index (χ1v) is 6.44. The molecule has 0 unspecified atom stereocenters. The number of hydrogen-bond acceptors (Lipinski definition) is 3. The molecule has 2 rings (SSSR count). The van der Waals surface area contributed by atoms with Crippen molar-refractivity contribution in [3.8, 4) is 5.75 Å². The minimum Gasteiger partial charge on any atom is -0.258 e. The van der Waals surface area contributed by atoms with Crippen molar-refractivity contribution in [2.75, 3.05) is 0 Å². The van der Waals surface area contributed by atoms with Gasteiger partial charge in [-0.15, -0.1) is 0 Å². The van der Waals surface area contributed by atoms with Gasteiger partial charge in [0.2, 0.25) is 12.4 Å². The Balaban J connectivity index is 2.47. The van der Waals surface area contributed by atoms with E-state index in [1.54, 1.807) is 30.6 Å². The summed E-state index contributed by atoms with van der Waals surface area (Å²) >= 11 is 6.46. The van der Waals surface area contributed by atoms with E-state index in [1.807, 2.05) is 6.07 Å². The number of nitro benzene ring substituents is 1. The zero-order valence-corrected chi connectivity index (χ0v) is 12.1. The Labute approximate surface area is 119 Å². The van der Waals surface area contributed by atoms with Crippen molar-refractivity contribution in [2.45, 2.75) is 0 Å². The predicted octanol–water partition coefficient (Wildman–Crippen LogP) is 3.25. The molecule has 0 amide bonds. The molecule has 0 saturated carbocycles. The fourth-order valence-electron chi connectivity index (χ4n) is 1.32. The molecule has 0 radical (unpaired) electrons. The van der Waals surface area contributed by atoms with Crippen LogP contribution in [0.2, 0.25) is 0 Å². The normalized spacial score (nSPS) is 10.1. The number of pyridine rings is 1. The van der Waals surface area contributed by atoms with E-state index in [4.69, 9.17) is 4.84 Å². The first kappa shape index (κ1) is 13.0. The molecule has 0 aliphatic carbocycles. The third-order valence-electron chi connectivity index (χ3n) is 2.07. The van der Waals surface area contributed by atoms with E-state index in [9.17, 15) is 10.1 Å². The third-order valence-corrected chi connectivity index (χ3v) is 3.12. The second-order valence-corrected chi connectivity index (χ2v) is 5.09. The zero-order valence-electron chi connectivity index (χ0n) is 8.92. The molecule has 2 aromatic rings. The second-order valence-electron chi connectivity index (χ2n) is 3.32. The van der Waals surface area contributed by atoms with Crippen molar-refractivity contribution < 1.29 is 14.5 Å². The van der Waals surface area contributed by atoms with Crippen LogP contribution in [0.5, 0.6) is 5.75 Å². The standard InChI is InChI=1S/C11H7Br2N2O3/c12-8-6-9(13)11(10(7-8)15(16)17)18-14-4-2-1-3-5-14/h1-7H/q+1. The van der Waals surface area contributed by atoms with Gasteiger partial charge in [-0.1, -0.05) is 22.0 Å². The SMILES string of the molecule is O=[N+]([O-])c1cc(Br)cc(Br)c1O[n+]1ccccc1. The molecule has 0 atom stereocenters. The molecule has 0 saturated heterocycles. The summed E-state index contributed by atoms with van der Waals surface area (Å²) in [6, 6.07) is 8.43. The van der Waals surface area contributed by atoms with Crippen molar-refractivity contribution in [3.05, 3.63) is 61.8 Å². The number of nitro groups is 1. The van der Waals surface area contributed by atoms with Gasteiger partial charge in [-0.2, -0.15) is 0 Å². The van der Waals surface area contributed by atoms with Crippen LogP contribution in [0.1, 0.15) is 0 Å². The largest absolute Gasteiger partial charge is 0.321 e. The summed E-state index contributed by atoms with van der Waals surface area (Å²) in [5.74, 6) is 0.152. The van der Waals surface area contributed by atoms with Crippen LogP contribution in [0, 0.1) is 10.1 Å². The lowest BCUT2D eigenvalue weighted by Gasteiger charge is -2.02. The summed E-state index contributed by atoms with van der Waals surface area (Å²) in [5, 5.41) is 11.0. The first-order valence-electron chi connectivity index (χ1n) is 4.86. The lowest BCUT2D eigenvalue weighted by molar-refractivity contribution is -0.875. The molecule has 0 spiro atoms. The second kappa shape index (κ2) is 5.45. The number of hydrogen-bond donors (Lipinski definition) is 0. The third kappa shape index (κ3) is 2.85. The Morgan fingerprint density at radius 2 is 1.83 bits per heavy atom. The quantitative estimate of drug-likeness (QED) is 0.470. The molecule has 7 heteroatoms. The molecule has 5 nitrogen and oxygen atoms in total. The molecule has 1 aromatic heterocycles. The van der Waals surface area contributed by atoms with E-state index in [2.05, 4.69) is 31.9 Å². The van der Waals surface area contributed by atoms with Gasteiger partial charge in [0.15, 0.2) is 0 Å². The number of nitrogens with zero attached hydrogens (tertiary/aromatic N) is 2. The minimum absolute atomic E-state index is 0.118. The van der Waals surface area contributed by atoms with E-state index >= 15 is 0 Å². The molecule has 0 aliphatic heterocycles. The van der Waals surface area contributed by atoms with Crippen molar-refractivity contribution in [1.29, 1.82) is 0 Å². The van der Waals surface area contributed by atoms with Crippen LogP contribution in [0.15, 0.2) is 51.7 Å². The Hall–Kier alpha value is -1.47. The highest BCUT2D eigenvalue weighted by molar-refractivity contribution is 9.11. The summed E-state index contributed by atoms with van der Waals surface area (Å²) in [7, 11) is 0. The van der Waals surface area contributed by atoms with E-state index < -0.39 is 4.92 Å². The smallest absolute Gasteiger partial charge is 0.258 e. The van der Waals surface area contributed by atoms with Crippen LogP contribution in [0.4, 0.5) is 5.69 Å². The fourth-order valence-corrected chi connectivity index (χ4v) is 2.60. The molecular weight excluding hydrogens is 368 g/mol. The van der Waals surface area contributed by atoms with E-state index in [-0.39, 0.29) is 11.4 Å². The van der Waals surface area contributed by atoms with E-state index in [0.29, 0.717) is 8.95 Å². The molecule has 18 heavy (non-hydrogen) atoms. The van der Waals surface area contributed by atoms with Gasteiger partial charge in [0.25, 0.3) is 5.75 Å².